The van der Waals surface area contributed by atoms with Crippen LogP contribution in [0.3, 0.4) is 0 Å². The first kappa shape index (κ1) is 21.3. The number of benzene rings is 1. The number of aromatic nitrogens is 3. The summed E-state index contributed by atoms with van der Waals surface area (Å²) < 4.78 is 0. The van der Waals surface area contributed by atoms with Crippen LogP contribution in [0.4, 0.5) is 5.13 Å². The summed E-state index contributed by atoms with van der Waals surface area (Å²) in [5, 5.41) is 15.5. The van der Waals surface area contributed by atoms with Gasteiger partial charge in [-0.05, 0) is 52.3 Å². The average Bonchev–Trinajstić information content (AvgIpc) is 3.08. The molecule has 5 nitrogen and oxygen atoms in total. The maximum Gasteiger partial charge on any atom is 0.198 e. The van der Waals surface area contributed by atoms with Crippen LogP contribution in [0.15, 0.2) is 30.3 Å². The van der Waals surface area contributed by atoms with Crippen LogP contribution in [0.1, 0.15) is 40.5 Å². The minimum absolute atomic E-state index is 0. The van der Waals surface area contributed by atoms with E-state index in [0.717, 1.165) is 39.4 Å². The van der Waals surface area contributed by atoms with Gasteiger partial charge in [-0.2, -0.15) is 5.10 Å². The maximum atomic E-state index is 4.47. The third-order valence-corrected chi connectivity index (χ3v) is 6.24. The summed E-state index contributed by atoms with van der Waals surface area (Å²) in [4.78, 5) is 6.72. The average molecular weight is 483 g/mol. The van der Waals surface area contributed by atoms with Gasteiger partial charge in [-0.25, -0.2) is 0 Å². The monoisotopic (exact) mass is 483 g/mol. The molecule has 0 bridgehead atoms. The number of pyridine rings is 1. The Morgan fingerprint density at radius 2 is 1.79 bits per heavy atom. The molecule has 3 aromatic rings. The van der Waals surface area contributed by atoms with Crippen LogP contribution in [0.5, 0.6) is 0 Å². The number of anilines is 1. The van der Waals surface area contributed by atoms with Crippen molar-refractivity contribution >= 4 is 27.4 Å². The first-order valence-corrected chi connectivity index (χ1v) is 10.2. The zero-order valence-electron chi connectivity index (χ0n) is 16.9. The summed E-state index contributed by atoms with van der Waals surface area (Å²) in [5.74, 6) is 0. The fraction of sp³-hybridized carbons (Fsp3) is 0.476. The summed E-state index contributed by atoms with van der Waals surface area (Å²) in [6.45, 7) is 9.10. The zero-order chi connectivity index (χ0) is 19.2. The summed E-state index contributed by atoms with van der Waals surface area (Å²) in [6, 6.07) is 10.6. The predicted molar refractivity (Wildman–Crippen MR) is 112 cm³/mol. The molecule has 0 amide bonds. The SMILES string of the molecule is CN(c1nnc(-c2[c-]nc3ccccc3c2)s1)C1CC(C)(C)NC(C)(C)C1.[Rh]. The Morgan fingerprint density at radius 3 is 2.50 bits per heavy atom. The van der Waals surface area contributed by atoms with E-state index in [-0.39, 0.29) is 30.6 Å². The van der Waals surface area contributed by atoms with Crippen molar-refractivity contribution in [1.82, 2.24) is 20.5 Å². The molecule has 0 aliphatic carbocycles. The quantitative estimate of drug-likeness (QED) is 0.445. The Balaban J connectivity index is 0.00000225. The number of para-hydroxylation sites is 1. The van der Waals surface area contributed by atoms with E-state index in [0.29, 0.717) is 6.04 Å². The van der Waals surface area contributed by atoms with Gasteiger partial charge in [0.2, 0.25) is 0 Å². The van der Waals surface area contributed by atoms with E-state index in [2.05, 4.69) is 78.5 Å². The van der Waals surface area contributed by atoms with Crippen LogP contribution in [0, 0.1) is 6.20 Å². The van der Waals surface area contributed by atoms with Crippen molar-refractivity contribution in [3.8, 4) is 10.6 Å². The topological polar surface area (TPSA) is 53.9 Å². The second kappa shape index (κ2) is 7.77. The molecular weight excluding hydrogens is 457 g/mol. The zero-order valence-corrected chi connectivity index (χ0v) is 19.4. The minimum Gasteiger partial charge on any atom is -0.352 e. The largest absolute Gasteiger partial charge is 0.352 e. The number of nitrogens with one attached hydrogen (secondary N) is 1. The number of fused-ring (bicyclic) bond motifs is 1. The molecule has 1 aliphatic heterocycles. The number of nitrogens with zero attached hydrogens (tertiary/aromatic N) is 4. The summed E-state index contributed by atoms with van der Waals surface area (Å²) >= 11 is 1.61. The van der Waals surface area contributed by atoms with Gasteiger partial charge in [0.1, 0.15) is 0 Å². The van der Waals surface area contributed by atoms with E-state index in [9.17, 15) is 0 Å². The fourth-order valence-electron chi connectivity index (χ4n) is 4.29. The van der Waals surface area contributed by atoms with Crippen molar-refractivity contribution in [3.05, 3.63) is 36.5 Å². The van der Waals surface area contributed by atoms with Gasteiger partial charge >= 0.3 is 0 Å². The van der Waals surface area contributed by atoms with Gasteiger partial charge in [-0.3, -0.25) is 0 Å². The van der Waals surface area contributed by atoms with Crippen molar-refractivity contribution < 1.29 is 19.5 Å². The van der Waals surface area contributed by atoms with Gasteiger partial charge in [0, 0.05) is 43.6 Å². The molecule has 2 aromatic heterocycles. The molecule has 1 saturated heterocycles. The van der Waals surface area contributed by atoms with E-state index in [1.165, 1.54) is 0 Å². The summed E-state index contributed by atoms with van der Waals surface area (Å²) in [7, 11) is 2.13. The van der Waals surface area contributed by atoms with Crippen molar-refractivity contribution in [3.63, 3.8) is 0 Å². The number of piperidine rings is 1. The standard InChI is InChI=1S/C21H26N5S.Rh/c1-20(2)11-16(12-21(3,4)25-20)26(5)19-24-23-18(27-19)15-10-14-8-6-7-9-17(14)22-13-15;/h6-10,16,25H,11-12H2,1-5H3;/q-1;. The maximum absolute atomic E-state index is 4.47. The first-order chi connectivity index (χ1) is 12.7. The molecule has 0 spiro atoms. The molecular formula is C21H26N5RhS-. The smallest absolute Gasteiger partial charge is 0.198 e. The number of hydrogen-bond donors (Lipinski definition) is 1. The molecule has 151 valence electrons. The van der Waals surface area contributed by atoms with Crippen LogP contribution < -0.4 is 10.2 Å². The van der Waals surface area contributed by atoms with Gasteiger partial charge in [0.15, 0.2) is 5.13 Å². The third-order valence-electron chi connectivity index (χ3n) is 5.20. The Labute approximate surface area is 183 Å². The van der Waals surface area contributed by atoms with Crippen molar-refractivity contribution in [2.24, 2.45) is 0 Å². The summed E-state index contributed by atoms with van der Waals surface area (Å²) in [5.41, 5.74) is 2.05. The van der Waals surface area contributed by atoms with Gasteiger partial charge in [-0.15, -0.1) is 22.5 Å². The molecule has 1 fully saturated rings. The molecule has 3 heterocycles. The predicted octanol–water partition coefficient (Wildman–Crippen LogP) is 4.30. The Bertz CT molecular complexity index is 952. The van der Waals surface area contributed by atoms with Gasteiger partial charge in [0.25, 0.3) is 0 Å². The van der Waals surface area contributed by atoms with Crippen molar-refractivity contribution in [1.29, 1.82) is 0 Å². The summed E-state index contributed by atoms with van der Waals surface area (Å²) in [6.07, 6.45) is 5.26. The first-order valence-electron chi connectivity index (χ1n) is 9.36. The number of hydrogen-bond acceptors (Lipinski definition) is 6. The fourth-order valence-corrected chi connectivity index (χ4v) is 5.14. The van der Waals surface area contributed by atoms with E-state index in [1.807, 2.05) is 18.2 Å². The molecule has 4 rings (SSSR count). The van der Waals surface area contributed by atoms with E-state index >= 15 is 0 Å². The molecule has 0 saturated carbocycles. The molecule has 7 heteroatoms. The molecule has 0 atom stereocenters. The van der Waals surface area contributed by atoms with Crippen LogP contribution in [0.25, 0.3) is 21.5 Å². The van der Waals surface area contributed by atoms with Crippen LogP contribution in [-0.2, 0) is 19.5 Å². The van der Waals surface area contributed by atoms with Gasteiger partial charge in [0.05, 0.1) is 5.01 Å². The van der Waals surface area contributed by atoms with E-state index < -0.39 is 0 Å². The Morgan fingerprint density at radius 1 is 1.11 bits per heavy atom. The molecule has 1 radical (unpaired) electrons. The minimum atomic E-state index is 0. The second-order valence-electron chi connectivity index (χ2n) is 8.80. The molecule has 1 aromatic carbocycles. The van der Waals surface area contributed by atoms with Crippen molar-refractivity contribution in [2.75, 3.05) is 11.9 Å². The third kappa shape index (κ3) is 4.42. The van der Waals surface area contributed by atoms with Crippen molar-refractivity contribution in [2.45, 2.75) is 57.7 Å². The molecule has 1 N–H and O–H groups in total. The van der Waals surface area contributed by atoms with E-state index in [4.69, 9.17) is 0 Å². The second-order valence-corrected chi connectivity index (χ2v) is 9.75. The van der Waals surface area contributed by atoms with Crippen LogP contribution >= 0.6 is 11.3 Å². The molecule has 0 unspecified atom stereocenters. The van der Waals surface area contributed by atoms with E-state index in [1.54, 1.807) is 11.3 Å². The number of rotatable bonds is 3. The van der Waals surface area contributed by atoms with Crippen LogP contribution in [0.2, 0.25) is 0 Å². The normalized spacial score (nSPS) is 18.6. The van der Waals surface area contributed by atoms with Gasteiger partial charge in [-0.1, -0.05) is 35.2 Å². The van der Waals surface area contributed by atoms with Crippen LogP contribution in [-0.4, -0.2) is 39.3 Å². The Kier molecular flexibility index (Phi) is 5.91. The molecule has 1 aliphatic rings. The van der Waals surface area contributed by atoms with Gasteiger partial charge < -0.3 is 15.2 Å². The Hall–Kier alpha value is -1.43. The molecule has 28 heavy (non-hydrogen) atoms.